The summed E-state index contributed by atoms with van der Waals surface area (Å²) < 4.78 is 33.2. The molecule has 9 nitrogen and oxygen atoms in total. The Bertz CT molecular complexity index is 1450. The van der Waals surface area contributed by atoms with Crippen molar-refractivity contribution >= 4 is 27.6 Å². The molecule has 3 N–H and O–H groups in total. The Morgan fingerprint density at radius 3 is 2.38 bits per heavy atom. The van der Waals surface area contributed by atoms with E-state index in [0.717, 1.165) is 11.8 Å². The summed E-state index contributed by atoms with van der Waals surface area (Å²) >= 11 is 0. The molecule has 1 aromatic carbocycles. The van der Waals surface area contributed by atoms with E-state index in [1.807, 2.05) is 19.9 Å². The number of benzene rings is 1. The second-order valence-electron chi connectivity index (χ2n) is 10.1. The first-order chi connectivity index (χ1) is 15.6. The number of carbonyl (C=O) groups excluding carboxylic acids is 3. The van der Waals surface area contributed by atoms with Crippen LogP contribution in [0.1, 0.15) is 54.0 Å². The molecule has 178 valence electrons. The maximum absolute atomic E-state index is 13.4. The van der Waals surface area contributed by atoms with Gasteiger partial charge in [-0.1, -0.05) is 24.6 Å². The van der Waals surface area contributed by atoms with E-state index in [-0.39, 0.29) is 28.3 Å². The maximum Gasteiger partial charge on any atom is 0.262 e. The van der Waals surface area contributed by atoms with Crippen molar-refractivity contribution in [3.63, 3.8) is 0 Å². The number of aromatic hydroxyl groups is 1. The van der Waals surface area contributed by atoms with Crippen LogP contribution < -0.4 is 14.8 Å². The number of sulfonamides is 1. The average molecular weight is 485 g/mol. The number of amides is 2. The Hall–Kier alpha value is -3.40. The summed E-state index contributed by atoms with van der Waals surface area (Å²) in [6, 6.07) is 1.42. The Morgan fingerprint density at radius 1 is 1.09 bits per heavy atom. The summed E-state index contributed by atoms with van der Waals surface area (Å²) in [5, 5.41) is 12.7. The Balaban J connectivity index is 1.85. The van der Waals surface area contributed by atoms with Crippen molar-refractivity contribution in [1.82, 2.24) is 10.0 Å². The van der Waals surface area contributed by atoms with E-state index in [9.17, 15) is 27.9 Å². The second kappa shape index (κ2) is 6.38. The van der Waals surface area contributed by atoms with E-state index in [1.165, 1.54) is 12.1 Å². The van der Waals surface area contributed by atoms with Crippen molar-refractivity contribution in [3.8, 4) is 11.5 Å². The number of hydrogen-bond acceptors (Lipinski definition) is 7. The van der Waals surface area contributed by atoms with Gasteiger partial charge in [0.05, 0.1) is 28.5 Å². The highest BCUT2D eigenvalue weighted by atomic mass is 32.2. The summed E-state index contributed by atoms with van der Waals surface area (Å²) in [6.45, 7) is 7.24. The first-order valence-electron chi connectivity index (χ1n) is 10.7. The molecular formula is C24H24N2O7S. The van der Waals surface area contributed by atoms with Crippen molar-refractivity contribution in [2.75, 3.05) is 6.26 Å². The van der Waals surface area contributed by atoms with Crippen molar-refractivity contribution in [3.05, 3.63) is 57.8 Å². The molecule has 0 fully saturated rings. The number of carbonyl (C=O) groups is 3. The normalized spacial score (nSPS) is 28.9. The number of fused-ring (bicyclic) bond motifs is 3. The van der Waals surface area contributed by atoms with Gasteiger partial charge in [0.1, 0.15) is 11.5 Å². The van der Waals surface area contributed by atoms with Crippen LogP contribution in [0.15, 0.2) is 41.1 Å². The molecule has 0 radical (unpaired) electrons. The number of phenolic OH excluding ortho intramolecular Hbond substituents is 1. The van der Waals surface area contributed by atoms with Crippen LogP contribution in [0.4, 0.5) is 0 Å². The van der Waals surface area contributed by atoms with Crippen LogP contribution in [-0.2, 0) is 21.2 Å². The molecule has 1 spiro atoms. The number of ketones is 1. The topological polar surface area (TPSA) is 139 Å². The molecule has 34 heavy (non-hydrogen) atoms. The van der Waals surface area contributed by atoms with Crippen molar-refractivity contribution in [2.45, 2.75) is 39.7 Å². The van der Waals surface area contributed by atoms with Gasteiger partial charge < -0.3 is 9.84 Å². The fraction of sp³-hybridized carbons (Fsp3) is 0.375. The van der Waals surface area contributed by atoms with E-state index < -0.39 is 44.1 Å². The van der Waals surface area contributed by atoms with E-state index in [2.05, 4.69) is 10.0 Å². The minimum Gasteiger partial charge on any atom is -0.507 e. The highest BCUT2D eigenvalue weighted by Gasteiger charge is 2.64. The first-order valence-corrected chi connectivity index (χ1v) is 12.6. The molecule has 0 aromatic heterocycles. The summed E-state index contributed by atoms with van der Waals surface area (Å²) in [6.07, 6.45) is 6.46. The molecule has 0 saturated carbocycles. The van der Waals surface area contributed by atoms with Gasteiger partial charge in [0.2, 0.25) is 10.0 Å². The summed E-state index contributed by atoms with van der Waals surface area (Å²) in [4.78, 5) is 38.4. The van der Waals surface area contributed by atoms with Crippen LogP contribution in [0.5, 0.6) is 11.5 Å². The van der Waals surface area contributed by atoms with Crippen LogP contribution in [0.2, 0.25) is 0 Å². The molecule has 10 heteroatoms. The van der Waals surface area contributed by atoms with Crippen LogP contribution in [0.25, 0.3) is 0 Å². The lowest BCUT2D eigenvalue weighted by Gasteiger charge is -2.58. The van der Waals surface area contributed by atoms with Gasteiger partial charge in [-0.15, -0.1) is 0 Å². The third-order valence-corrected chi connectivity index (χ3v) is 8.13. The molecule has 2 unspecified atom stereocenters. The zero-order valence-corrected chi connectivity index (χ0v) is 20.1. The van der Waals surface area contributed by atoms with Gasteiger partial charge >= 0.3 is 0 Å². The lowest BCUT2D eigenvalue weighted by Crippen LogP contribution is -2.63. The number of hydrogen-bond donors (Lipinski definition) is 3. The summed E-state index contributed by atoms with van der Waals surface area (Å²) in [7, 11) is -3.78. The molecule has 2 aliphatic heterocycles. The fourth-order valence-corrected chi connectivity index (χ4v) is 6.21. The van der Waals surface area contributed by atoms with E-state index in [4.69, 9.17) is 4.74 Å². The van der Waals surface area contributed by atoms with Crippen LogP contribution >= 0.6 is 0 Å². The van der Waals surface area contributed by atoms with Gasteiger partial charge in [0.15, 0.2) is 11.4 Å². The SMILES string of the molecule is CC1=CC=C2C(C)(C)C(=O)C(NS(C)(=O)=O)=CC23Oc2c(cc(O)c4c2C(=O)NC4=O)CC13C. The summed E-state index contributed by atoms with van der Waals surface area (Å²) in [5.74, 6) is -2.01. The molecule has 0 saturated heterocycles. The highest BCUT2D eigenvalue weighted by molar-refractivity contribution is 7.88. The maximum atomic E-state index is 13.4. The van der Waals surface area contributed by atoms with Gasteiger partial charge in [-0.25, -0.2) is 8.42 Å². The third kappa shape index (κ3) is 2.65. The average Bonchev–Trinajstić information content (AvgIpc) is 3.00. The Labute approximate surface area is 196 Å². The molecule has 0 bridgehead atoms. The molecular weight excluding hydrogens is 460 g/mol. The van der Waals surface area contributed by atoms with E-state index in [1.54, 1.807) is 19.9 Å². The lowest BCUT2D eigenvalue weighted by molar-refractivity contribution is -0.125. The number of allylic oxidation sites excluding steroid dienone is 3. The van der Waals surface area contributed by atoms with Gasteiger partial charge in [-0.05, 0) is 50.5 Å². The molecule has 5 rings (SSSR count). The first kappa shape index (κ1) is 22.4. The molecule has 4 aliphatic rings. The number of nitrogens with one attached hydrogen (secondary N) is 2. The monoisotopic (exact) mass is 484 g/mol. The minimum absolute atomic E-state index is 0.0660. The number of ether oxygens (including phenoxy) is 1. The van der Waals surface area contributed by atoms with Crippen molar-refractivity contribution in [1.29, 1.82) is 0 Å². The second-order valence-corrected chi connectivity index (χ2v) is 11.8. The van der Waals surface area contributed by atoms with E-state index >= 15 is 0 Å². The number of imide groups is 1. The smallest absolute Gasteiger partial charge is 0.262 e. The van der Waals surface area contributed by atoms with Crippen LogP contribution in [0.3, 0.4) is 0 Å². The third-order valence-electron chi connectivity index (χ3n) is 7.54. The zero-order valence-electron chi connectivity index (χ0n) is 19.3. The van der Waals surface area contributed by atoms with Gasteiger partial charge in [0.25, 0.3) is 11.8 Å². The largest absolute Gasteiger partial charge is 0.507 e. The molecule has 2 atom stereocenters. The highest BCUT2D eigenvalue weighted by Crippen LogP contribution is 2.61. The molecule has 2 aliphatic carbocycles. The number of Topliss-reactive ketones (excluding diaryl/α,β-unsaturated/α-hetero) is 1. The molecule has 1 aromatic rings. The number of rotatable bonds is 2. The fourth-order valence-electron chi connectivity index (χ4n) is 5.66. The molecule has 2 amide bonds. The van der Waals surface area contributed by atoms with E-state index in [0.29, 0.717) is 17.6 Å². The standard InChI is InChI=1S/C24H24N2O7S/c1-11-6-7-15-22(2,3)19(28)13(26-34(5,31)32)10-24(15)23(11,4)9-12-8-14(27)16-17(18(12)33-24)21(30)25-20(16)29/h6-8,10,26-27H,9H2,1-5H3,(H,25,29,30). The predicted molar refractivity (Wildman–Crippen MR) is 122 cm³/mol. The van der Waals surface area contributed by atoms with Crippen LogP contribution in [-0.4, -0.2) is 43.0 Å². The number of phenols is 1. The summed E-state index contributed by atoms with van der Waals surface area (Å²) in [5.41, 5.74) is -1.58. The predicted octanol–water partition coefficient (Wildman–Crippen LogP) is 1.88. The van der Waals surface area contributed by atoms with Crippen molar-refractivity contribution < 1.29 is 32.6 Å². The Kier molecular flexibility index (Phi) is 4.20. The van der Waals surface area contributed by atoms with Crippen LogP contribution in [0, 0.1) is 10.8 Å². The van der Waals surface area contributed by atoms with Crippen molar-refractivity contribution in [2.24, 2.45) is 10.8 Å². The quantitative estimate of drug-likeness (QED) is 0.545. The zero-order chi connectivity index (χ0) is 25.0. The van der Waals surface area contributed by atoms with Gasteiger partial charge in [0, 0.05) is 5.41 Å². The lowest BCUT2D eigenvalue weighted by atomic mass is 9.52. The molecule has 2 heterocycles. The van der Waals surface area contributed by atoms with Gasteiger partial charge in [-0.2, -0.15) is 0 Å². The Morgan fingerprint density at radius 2 is 1.74 bits per heavy atom. The minimum atomic E-state index is -3.78. The van der Waals surface area contributed by atoms with Gasteiger partial charge in [-0.3, -0.25) is 24.4 Å².